The molecule has 0 fully saturated rings. The third kappa shape index (κ3) is 2.84. The van der Waals surface area contributed by atoms with Crippen LogP contribution in [0.2, 0.25) is 0 Å². The number of esters is 1. The summed E-state index contributed by atoms with van der Waals surface area (Å²) in [6.07, 6.45) is 0. The van der Waals surface area contributed by atoms with Gasteiger partial charge in [0.15, 0.2) is 0 Å². The number of benzene rings is 1. The summed E-state index contributed by atoms with van der Waals surface area (Å²) in [6.45, 7) is 4.22. The summed E-state index contributed by atoms with van der Waals surface area (Å²) < 4.78 is 4.90. The maximum atomic E-state index is 11.4. The van der Waals surface area contributed by atoms with Gasteiger partial charge >= 0.3 is 5.97 Å². The normalized spacial score (nSPS) is 12.2. The van der Waals surface area contributed by atoms with Crippen LogP contribution in [0.3, 0.4) is 0 Å². The molecule has 0 N–H and O–H groups in total. The van der Waals surface area contributed by atoms with Crippen molar-refractivity contribution in [3.63, 3.8) is 0 Å². The van der Waals surface area contributed by atoms with Gasteiger partial charge < -0.3 is 4.74 Å². The molecule has 14 heavy (non-hydrogen) atoms. The van der Waals surface area contributed by atoms with Crippen LogP contribution in [0.1, 0.15) is 22.9 Å². The first-order valence-corrected chi connectivity index (χ1v) is 5.44. The second kappa shape index (κ2) is 5.15. The third-order valence-corrected chi connectivity index (χ3v) is 2.77. The molecule has 0 aliphatic heterocycles. The number of carbonyl (C=O) groups is 1. The second-order valence-electron chi connectivity index (χ2n) is 3.03. The molecule has 0 aliphatic rings. The third-order valence-electron chi connectivity index (χ3n) is 1.86. The van der Waals surface area contributed by atoms with E-state index in [4.69, 9.17) is 4.74 Å². The summed E-state index contributed by atoms with van der Waals surface area (Å²) in [5.74, 6) is -0.239. The van der Waals surface area contributed by atoms with Gasteiger partial charge in [0.2, 0.25) is 0 Å². The quantitative estimate of drug-likeness (QED) is 0.614. The zero-order chi connectivity index (χ0) is 10.6. The van der Waals surface area contributed by atoms with E-state index < -0.39 is 0 Å². The molecule has 0 spiro atoms. The molecule has 1 aromatic carbocycles. The highest BCUT2D eigenvalue weighted by molar-refractivity contribution is 9.09. The molecule has 1 rings (SSSR count). The van der Waals surface area contributed by atoms with Crippen LogP contribution in [-0.4, -0.2) is 12.6 Å². The summed E-state index contributed by atoms with van der Waals surface area (Å²) in [4.78, 5) is 11.0. The highest BCUT2D eigenvalue weighted by atomic mass is 79.9. The molecule has 0 aromatic heterocycles. The fraction of sp³-hybridized carbons (Fsp3) is 0.364. The Hall–Kier alpha value is -0.830. The minimum Gasteiger partial charge on any atom is -0.465 e. The fourth-order valence-electron chi connectivity index (χ4n) is 1.09. The monoisotopic (exact) mass is 256 g/mol. The van der Waals surface area contributed by atoms with E-state index in [1.807, 2.05) is 31.2 Å². The van der Waals surface area contributed by atoms with Crippen LogP contribution in [-0.2, 0) is 9.53 Å². The SMILES string of the molecule is CCOC(=O)[C@@H](Br)c1ccc(C)cc1. The molecule has 0 unspecified atom stereocenters. The molecule has 0 aliphatic carbocycles. The number of hydrogen-bond donors (Lipinski definition) is 0. The first-order valence-electron chi connectivity index (χ1n) is 4.52. The van der Waals surface area contributed by atoms with Gasteiger partial charge in [0, 0.05) is 0 Å². The van der Waals surface area contributed by atoms with Crippen LogP contribution < -0.4 is 0 Å². The summed E-state index contributed by atoms with van der Waals surface area (Å²) in [5, 5.41) is 0. The molecule has 0 saturated carbocycles. The molecular formula is C11H13BrO2. The van der Waals surface area contributed by atoms with Gasteiger partial charge in [-0.25, -0.2) is 0 Å². The molecule has 2 nitrogen and oxygen atoms in total. The Labute approximate surface area is 92.4 Å². The maximum absolute atomic E-state index is 11.4. The molecule has 3 heteroatoms. The minimum absolute atomic E-state index is 0.239. The lowest BCUT2D eigenvalue weighted by atomic mass is 10.1. The Morgan fingerprint density at radius 1 is 1.43 bits per heavy atom. The molecule has 1 aromatic rings. The molecular weight excluding hydrogens is 244 g/mol. The van der Waals surface area contributed by atoms with E-state index in [1.165, 1.54) is 5.56 Å². The zero-order valence-corrected chi connectivity index (χ0v) is 9.87. The van der Waals surface area contributed by atoms with E-state index in [1.54, 1.807) is 6.92 Å². The predicted octanol–water partition coefficient (Wildman–Crippen LogP) is 2.99. The maximum Gasteiger partial charge on any atom is 0.324 e. The molecule has 0 saturated heterocycles. The van der Waals surface area contributed by atoms with Crippen molar-refractivity contribution < 1.29 is 9.53 Å². The van der Waals surface area contributed by atoms with Gasteiger partial charge in [0.05, 0.1) is 6.61 Å². The lowest BCUT2D eigenvalue weighted by molar-refractivity contribution is -0.142. The summed E-state index contributed by atoms with van der Waals surface area (Å²) in [6, 6.07) is 7.79. The van der Waals surface area contributed by atoms with Crippen LogP contribution in [0.5, 0.6) is 0 Å². The standard InChI is InChI=1S/C11H13BrO2/c1-3-14-11(13)10(12)9-6-4-8(2)5-7-9/h4-7,10H,3H2,1-2H3/t10-/m0/s1. The van der Waals surface area contributed by atoms with Gasteiger partial charge in [-0.15, -0.1) is 0 Å². The van der Waals surface area contributed by atoms with Crippen molar-refractivity contribution in [1.29, 1.82) is 0 Å². The number of halogens is 1. The number of carbonyl (C=O) groups excluding carboxylic acids is 1. The average Bonchev–Trinajstić information content (AvgIpc) is 2.18. The molecule has 0 radical (unpaired) electrons. The lowest BCUT2D eigenvalue weighted by Gasteiger charge is -2.09. The summed E-state index contributed by atoms with van der Waals surface area (Å²) in [7, 11) is 0. The van der Waals surface area contributed by atoms with Gasteiger partial charge in [0.1, 0.15) is 4.83 Å². The van der Waals surface area contributed by atoms with E-state index >= 15 is 0 Å². The van der Waals surface area contributed by atoms with Gasteiger partial charge in [-0.1, -0.05) is 45.8 Å². The average molecular weight is 257 g/mol. The largest absolute Gasteiger partial charge is 0.465 e. The van der Waals surface area contributed by atoms with E-state index in [2.05, 4.69) is 15.9 Å². The minimum atomic E-state index is -0.358. The number of hydrogen-bond acceptors (Lipinski definition) is 2. The van der Waals surface area contributed by atoms with Crippen molar-refractivity contribution >= 4 is 21.9 Å². The van der Waals surface area contributed by atoms with Crippen LogP contribution >= 0.6 is 15.9 Å². The van der Waals surface area contributed by atoms with E-state index in [-0.39, 0.29) is 10.8 Å². The Balaban J connectivity index is 2.73. The number of aryl methyl sites for hydroxylation is 1. The highest BCUT2D eigenvalue weighted by Crippen LogP contribution is 2.24. The number of alkyl halides is 1. The molecule has 76 valence electrons. The van der Waals surface area contributed by atoms with Gasteiger partial charge in [-0.2, -0.15) is 0 Å². The molecule has 0 heterocycles. The van der Waals surface area contributed by atoms with Crippen molar-refractivity contribution in [3.05, 3.63) is 35.4 Å². The van der Waals surface area contributed by atoms with E-state index in [9.17, 15) is 4.79 Å². The number of ether oxygens (including phenoxy) is 1. The van der Waals surface area contributed by atoms with Crippen molar-refractivity contribution in [2.75, 3.05) is 6.61 Å². The van der Waals surface area contributed by atoms with Crippen LogP contribution in [0.25, 0.3) is 0 Å². The van der Waals surface area contributed by atoms with Crippen LogP contribution in [0.15, 0.2) is 24.3 Å². The first-order chi connectivity index (χ1) is 6.65. The number of rotatable bonds is 3. The smallest absolute Gasteiger partial charge is 0.324 e. The summed E-state index contributed by atoms with van der Waals surface area (Å²) >= 11 is 3.30. The Bertz CT molecular complexity index is 306. The lowest BCUT2D eigenvalue weighted by Crippen LogP contribution is -2.10. The summed E-state index contributed by atoms with van der Waals surface area (Å²) in [5.41, 5.74) is 2.10. The van der Waals surface area contributed by atoms with Crippen molar-refractivity contribution in [3.8, 4) is 0 Å². The van der Waals surface area contributed by atoms with E-state index in [0.717, 1.165) is 5.56 Å². The molecule has 1 atom stereocenters. The first kappa shape index (κ1) is 11.2. The molecule has 0 bridgehead atoms. The van der Waals surface area contributed by atoms with Gasteiger partial charge in [-0.3, -0.25) is 4.79 Å². The highest BCUT2D eigenvalue weighted by Gasteiger charge is 2.17. The topological polar surface area (TPSA) is 26.3 Å². The van der Waals surface area contributed by atoms with E-state index in [0.29, 0.717) is 6.61 Å². The molecule has 0 amide bonds. The Morgan fingerprint density at radius 3 is 2.50 bits per heavy atom. The van der Waals surface area contributed by atoms with Crippen molar-refractivity contribution in [1.82, 2.24) is 0 Å². The zero-order valence-electron chi connectivity index (χ0n) is 8.29. The predicted molar refractivity (Wildman–Crippen MR) is 59.5 cm³/mol. The Morgan fingerprint density at radius 2 is 2.00 bits per heavy atom. The van der Waals surface area contributed by atoms with Gasteiger partial charge in [-0.05, 0) is 19.4 Å². The van der Waals surface area contributed by atoms with Crippen LogP contribution in [0, 0.1) is 6.92 Å². The fourth-order valence-corrected chi connectivity index (χ4v) is 1.52. The van der Waals surface area contributed by atoms with Gasteiger partial charge in [0.25, 0.3) is 0 Å². The second-order valence-corrected chi connectivity index (χ2v) is 3.94. The Kier molecular flexibility index (Phi) is 4.14. The van der Waals surface area contributed by atoms with Crippen molar-refractivity contribution in [2.45, 2.75) is 18.7 Å². The van der Waals surface area contributed by atoms with Crippen molar-refractivity contribution in [2.24, 2.45) is 0 Å². The van der Waals surface area contributed by atoms with Crippen LogP contribution in [0.4, 0.5) is 0 Å².